The van der Waals surface area contributed by atoms with Crippen molar-refractivity contribution in [3.8, 4) is 0 Å². The lowest BCUT2D eigenvalue weighted by molar-refractivity contribution is 0.357. The summed E-state index contributed by atoms with van der Waals surface area (Å²) in [5.41, 5.74) is 5.88. The van der Waals surface area contributed by atoms with E-state index in [1.165, 1.54) is 19.3 Å². The van der Waals surface area contributed by atoms with E-state index < -0.39 is 0 Å². The summed E-state index contributed by atoms with van der Waals surface area (Å²) in [5.74, 6) is 1.60. The summed E-state index contributed by atoms with van der Waals surface area (Å²) >= 11 is 0. The van der Waals surface area contributed by atoms with E-state index in [0.717, 1.165) is 11.8 Å². The zero-order chi connectivity index (χ0) is 6.85. The molecule has 1 heteroatoms. The first kappa shape index (κ1) is 7.07. The highest BCUT2D eigenvalue weighted by atomic mass is 14.7. The van der Waals surface area contributed by atoms with E-state index in [9.17, 15) is 0 Å². The summed E-state index contributed by atoms with van der Waals surface area (Å²) in [5, 5.41) is 0. The molecule has 0 saturated heterocycles. The van der Waals surface area contributed by atoms with Gasteiger partial charge in [-0.1, -0.05) is 20.3 Å². The number of hydrogen-bond acceptors (Lipinski definition) is 1. The topological polar surface area (TPSA) is 26.0 Å². The molecule has 1 saturated carbocycles. The highest BCUT2D eigenvalue weighted by Gasteiger charge is 2.25. The maximum atomic E-state index is 5.88. The van der Waals surface area contributed by atoms with Gasteiger partial charge in [0.15, 0.2) is 0 Å². The summed E-state index contributed by atoms with van der Waals surface area (Å²) in [6.07, 6.45) is 3.96. The van der Waals surface area contributed by atoms with Crippen LogP contribution in [0.15, 0.2) is 0 Å². The fraction of sp³-hybridized carbons (Fsp3) is 1.00. The Kier molecular flexibility index (Phi) is 2.12. The molecule has 0 heterocycles. The van der Waals surface area contributed by atoms with Gasteiger partial charge in [0.2, 0.25) is 0 Å². The van der Waals surface area contributed by atoms with Crippen LogP contribution in [0.2, 0.25) is 0 Å². The van der Waals surface area contributed by atoms with Crippen LogP contribution >= 0.6 is 0 Å². The quantitative estimate of drug-likeness (QED) is 0.570. The van der Waals surface area contributed by atoms with Crippen molar-refractivity contribution in [2.75, 3.05) is 0 Å². The predicted molar refractivity (Wildman–Crippen MR) is 40.2 cm³/mol. The molecule has 1 aliphatic carbocycles. The van der Waals surface area contributed by atoms with Gasteiger partial charge >= 0.3 is 0 Å². The van der Waals surface area contributed by atoms with Crippen molar-refractivity contribution in [1.29, 1.82) is 0 Å². The van der Waals surface area contributed by atoms with E-state index in [0.29, 0.717) is 6.04 Å². The van der Waals surface area contributed by atoms with Gasteiger partial charge in [-0.05, 0) is 24.7 Å². The SMILES string of the molecule is CC(C)[C@@H]1CCC[C@H]1N. The zero-order valence-electron chi connectivity index (χ0n) is 6.43. The molecule has 2 atom stereocenters. The minimum atomic E-state index is 0.505. The van der Waals surface area contributed by atoms with Crippen LogP contribution < -0.4 is 5.73 Å². The van der Waals surface area contributed by atoms with Crippen molar-refractivity contribution in [1.82, 2.24) is 0 Å². The van der Waals surface area contributed by atoms with Crippen LogP contribution in [0.5, 0.6) is 0 Å². The summed E-state index contributed by atoms with van der Waals surface area (Å²) < 4.78 is 0. The largest absolute Gasteiger partial charge is 0.327 e. The van der Waals surface area contributed by atoms with Crippen molar-refractivity contribution >= 4 is 0 Å². The third-order valence-corrected chi connectivity index (χ3v) is 2.48. The Morgan fingerprint density at radius 1 is 1.33 bits per heavy atom. The second kappa shape index (κ2) is 2.70. The molecule has 1 aliphatic rings. The molecule has 0 radical (unpaired) electrons. The van der Waals surface area contributed by atoms with Gasteiger partial charge in [-0.15, -0.1) is 0 Å². The van der Waals surface area contributed by atoms with Gasteiger partial charge in [0, 0.05) is 6.04 Å². The Bertz CT molecular complexity index is 88.6. The monoisotopic (exact) mass is 127 g/mol. The fourth-order valence-electron chi connectivity index (χ4n) is 1.85. The van der Waals surface area contributed by atoms with Crippen LogP contribution in [0.4, 0.5) is 0 Å². The van der Waals surface area contributed by atoms with Crippen molar-refractivity contribution in [2.24, 2.45) is 17.6 Å². The predicted octanol–water partition coefficient (Wildman–Crippen LogP) is 1.77. The fourth-order valence-corrected chi connectivity index (χ4v) is 1.85. The maximum absolute atomic E-state index is 5.88. The van der Waals surface area contributed by atoms with Crippen LogP contribution in [0.25, 0.3) is 0 Å². The first-order valence-corrected chi connectivity index (χ1v) is 3.97. The van der Waals surface area contributed by atoms with Crippen LogP contribution in [0, 0.1) is 11.8 Å². The van der Waals surface area contributed by atoms with E-state index in [-0.39, 0.29) is 0 Å². The van der Waals surface area contributed by atoms with Gasteiger partial charge in [0.1, 0.15) is 0 Å². The van der Waals surface area contributed by atoms with E-state index in [4.69, 9.17) is 5.73 Å². The second-order valence-corrected chi connectivity index (χ2v) is 3.50. The lowest BCUT2D eigenvalue weighted by atomic mass is 9.92. The van der Waals surface area contributed by atoms with E-state index in [1.807, 2.05) is 0 Å². The molecule has 2 N–H and O–H groups in total. The molecule has 54 valence electrons. The molecule has 0 unspecified atom stereocenters. The maximum Gasteiger partial charge on any atom is 0.00696 e. The summed E-state index contributed by atoms with van der Waals surface area (Å²) in [6.45, 7) is 4.55. The highest BCUT2D eigenvalue weighted by molar-refractivity contribution is 4.81. The highest BCUT2D eigenvalue weighted by Crippen LogP contribution is 2.29. The van der Waals surface area contributed by atoms with Gasteiger partial charge in [0.25, 0.3) is 0 Å². The van der Waals surface area contributed by atoms with Gasteiger partial charge in [-0.3, -0.25) is 0 Å². The molecule has 0 aromatic heterocycles. The minimum Gasteiger partial charge on any atom is -0.327 e. The van der Waals surface area contributed by atoms with Crippen molar-refractivity contribution in [3.05, 3.63) is 0 Å². The second-order valence-electron chi connectivity index (χ2n) is 3.50. The molecule has 0 aromatic rings. The smallest absolute Gasteiger partial charge is 0.00696 e. The third kappa shape index (κ3) is 1.45. The van der Waals surface area contributed by atoms with Crippen LogP contribution in [-0.4, -0.2) is 6.04 Å². The molecular weight excluding hydrogens is 110 g/mol. The number of nitrogens with two attached hydrogens (primary N) is 1. The summed E-state index contributed by atoms with van der Waals surface area (Å²) in [4.78, 5) is 0. The van der Waals surface area contributed by atoms with E-state index >= 15 is 0 Å². The molecular formula is C8H17N. The van der Waals surface area contributed by atoms with Gasteiger partial charge in [0.05, 0.1) is 0 Å². The summed E-state index contributed by atoms with van der Waals surface area (Å²) in [6, 6.07) is 0.505. The average molecular weight is 127 g/mol. The normalized spacial score (nSPS) is 36.0. The van der Waals surface area contributed by atoms with Crippen LogP contribution in [-0.2, 0) is 0 Å². The zero-order valence-corrected chi connectivity index (χ0v) is 6.43. The van der Waals surface area contributed by atoms with E-state index in [1.54, 1.807) is 0 Å². The van der Waals surface area contributed by atoms with Gasteiger partial charge in [-0.25, -0.2) is 0 Å². The Morgan fingerprint density at radius 3 is 2.22 bits per heavy atom. The Morgan fingerprint density at radius 2 is 2.00 bits per heavy atom. The third-order valence-electron chi connectivity index (χ3n) is 2.48. The molecule has 1 nitrogen and oxygen atoms in total. The average Bonchev–Trinajstić information content (AvgIpc) is 2.13. The number of rotatable bonds is 1. The van der Waals surface area contributed by atoms with Gasteiger partial charge < -0.3 is 5.73 Å². The van der Waals surface area contributed by atoms with Crippen molar-refractivity contribution < 1.29 is 0 Å². The lowest BCUT2D eigenvalue weighted by Crippen LogP contribution is -2.27. The summed E-state index contributed by atoms with van der Waals surface area (Å²) in [7, 11) is 0. The van der Waals surface area contributed by atoms with E-state index in [2.05, 4.69) is 13.8 Å². The molecule has 0 amide bonds. The molecule has 1 rings (SSSR count). The first-order valence-electron chi connectivity index (χ1n) is 3.97. The lowest BCUT2D eigenvalue weighted by Gasteiger charge is -2.18. The van der Waals surface area contributed by atoms with Crippen molar-refractivity contribution in [3.63, 3.8) is 0 Å². The molecule has 0 aromatic carbocycles. The molecule has 1 fully saturated rings. The Hall–Kier alpha value is -0.0400. The molecule has 0 bridgehead atoms. The minimum absolute atomic E-state index is 0.505. The Labute approximate surface area is 57.6 Å². The first-order chi connectivity index (χ1) is 4.22. The molecule has 9 heavy (non-hydrogen) atoms. The number of hydrogen-bond donors (Lipinski definition) is 1. The van der Waals surface area contributed by atoms with Crippen LogP contribution in [0.3, 0.4) is 0 Å². The Balaban J connectivity index is 2.40. The van der Waals surface area contributed by atoms with Crippen LogP contribution in [0.1, 0.15) is 33.1 Å². The van der Waals surface area contributed by atoms with Crippen molar-refractivity contribution in [2.45, 2.75) is 39.2 Å². The standard InChI is InChI=1S/C8H17N/c1-6(2)7-4-3-5-8(7)9/h6-8H,3-5,9H2,1-2H3/t7-,8+/m0/s1. The van der Waals surface area contributed by atoms with Gasteiger partial charge in [-0.2, -0.15) is 0 Å². The molecule has 0 aliphatic heterocycles. The molecule has 0 spiro atoms.